The minimum absolute atomic E-state index is 0.0412. The molecule has 4 rings (SSSR count). The van der Waals surface area contributed by atoms with Gasteiger partial charge in [-0.3, -0.25) is 9.69 Å². The van der Waals surface area contributed by atoms with Gasteiger partial charge in [0.2, 0.25) is 5.75 Å². The smallest absolute Gasteiger partial charge is 0.203 e. The lowest BCUT2D eigenvalue weighted by atomic mass is 9.75. The number of rotatable bonds is 5. The van der Waals surface area contributed by atoms with Crippen molar-refractivity contribution in [2.75, 3.05) is 26.2 Å². The van der Waals surface area contributed by atoms with Crippen molar-refractivity contribution in [3.63, 3.8) is 0 Å². The zero-order valence-corrected chi connectivity index (χ0v) is 19.3. The number of carbonyl (C=O) groups excluding carboxylic acids is 1. The number of methoxy groups -OCH3 is 3. The summed E-state index contributed by atoms with van der Waals surface area (Å²) in [6, 6.07) is 13.7. The molecule has 1 unspecified atom stereocenters. The Morgan fingerprint density at radius 3 is 2.21 bits per heavy atom. The third-order valence-electron chi connectivity index (χ3n) is 6.23. The molecule has 0 fully saturated rings. The largest absolute Gasteiger partial charge is 0.493 e. The first-order valence-corrected chi connectivity index (χ1v) is 10.8. The Bertz CT molecular complexity index is 1180. The normalized spacial score (nSPS) is 18.1. The van der Waals surface area contributed by atoms with E-state index in [1.807, 2.05) is 31.2 Å². The number of carbonyl (C=O) groups is 1. The van der Waals surface area contributed by atoms with Gasteiger partial charge in [-0.05, 0) is 25.3 Å². The highest BCUT2D eigenvalue weighted by Gasteiger charge is 2.40. The maximum Gasteiger partial charge on any atom is 0.203 e. The molecule has 0 aromatic heterocycles. The molecule has 0 spiro atoms. The van der Waals surface area contributed by atoms with Gasteiger partial charge in [-0.15, -0.1) is 0 Å². The molecular formula is C26H27N3O4. The third kappa shape index (κ3) is 3.68. The van der Waals surface area contributed by atoms with Crippen LogP contribution in [0.25, 0.3) is 0 Å². The maximum atomic E-state index is 13.2. The van der Waals surface area contributed by atoms with E-state index in [-0.39, 0.29) is 5.78 Å². The van der Waals surface area contributed by atoms with Crippen molar-refractivity contribution in [1.82, 2.24) is 0 Å². The molecule has 1 aliphatic heterocycles. The fraction of sp³-hybridized carbons (Fsp3) is 0.308. The van der Waals surface area contributed by atoms with Crippen LogP contribution in [-0.4, -0.2) is 27.1 Å². The van der Waals surface area contributed by atoms with E-state index in [1.165, 1.54) is 7.11 Å². The first-order chi connectivity index (χ1) is 15.9. The Hall–Kier alpha value is -3.92. The fourth-order valence-corrected chi connectivity index (χ4v) is 4.67. The van der Waals surface area contributed by atoms with Gasteiger partial charge in [-0.25, -0.2) is 0 Å². The molecule has 7 nitrogen and oxygen atoms in total. The Morgan fingerprint density at radius 1 is 1.03 bits per heavy atom. The highest BCUT2D eigenvalue weighted by Crippen LogP contribution is 2.49. The van der Waals surface area contributed by atoms with Gasteiger partial charge in [0.05, 0.1) is 44.6 Å². The van der Waals surface area contributed by atoms with Crippen molar-refractivity contribution < 1.29 is 19.0 Å². The van der Waals surface area contributed by atoms with Gasteiger partial charge in [0.15, 0.2) is 17.3 Å². The summed E-state index contributed by atoms with van der Waals surface area (Å²) >= 11 is 0. The van der Waals surface area contributed by atoms with Crippen molar-refractivity contribution in [3.8, 4) is 23.3 Å². The van der Waals surface area contributed by atoms with Gasteiger partial charge < -0.3 is 19.9 Å². The van der Waals surface area contributed by atoms with Crippen molar-refractivity contribution in [1.29, 1.82) is 5.26 Å². The van der Waals surface area contributed by atoms with E-state index in [1.54, 1.807) is 31.3 Å². The molecule has 170 valence electrons. The first-order valence-electron chi connectivity index (χ1n) is 10.8. The molecule has 0 saturated heterocycles. The molecule has 7 heteroatoms. The zero-order valence-electron chi connectivity index (χ0n) is 19.3. The van der Waals surface area contributed by atoms with Crippen LogP contribution in [0.5, 0.6) is 17.2 Å². The predicted octanol–water partition coefficient (Wildman–Crippen LogP) is 4.33. The summed E-state index contributed by atoms with van der Waals surface area (Å²) in [5.74, 6) is 1.23. The summed E-state index contributed by atoms with van der Waals surface area (Å²) < 4.78 is 16.5. The molecule has 0 saturated carbocycles. The summed E-state index contributed by atoms with van der Waals surface area (Å²) in [5.41, 5.74) is 11.1. The minimum atomic E-state index is -0.489. The molecule has 1 aliphatic carbocycles. The van der Waals surface area contributed by atoms with E-state index >= 15 is 0 Å². The quantitative estimate of drug-likeness (QED) is 0.732. The average Bonchev–Trinajstić information content (AvgIpc) is 2.83. The van der Waals surface area contributed by atoms with Gasteiger partial charge >= 0.3 is 0 Å². The molecule has 2 aliphatic rings. The Labute approximate surface area is 193 Å². The first kappa shape index (κ1) is 22.3. The Morgan fingerprint density at radius 2 is 1.67 bits per heavy atom. The number of benzene rings is 2. The van der Waals surface area contributed by atoms with Crippen LogP contribution in [0.2, 0.25) is 0 Å². The lowest BCUT2D eigenvalue weighted by molar-refractivity contribution is -0.116. The summed E-state index contributed by atoms with van der Waals surface area (Å²) in [7, 11) is 4.62. The van der Waals surface area contributed by atoms with Crippen LogP contribution in [0, 0.1) is 18.3 Å². The van der Waals surface area contributed by atoms with Gasteiger partial charge in [-0.1, -0.05) is 29.8 Å². The Kier molecular flexibility index (Phi) is 6.01. The number of hydrogen-bond acceptors (Lipinski definition) is 7. The van der Waals surface area contributed by atoms with Crippen LogP contribution in [-0.2, 0) is 4.79 Å². The number of nitrogens with two attached hydrogens (primary N) is 1. The predicted molar refractivity (Wildman–Crippen MR) is 125 cm³/mol. The number of Topliss-reactive ketones (excluding diaryl/α,β-unsaturated/α-hetero) is 1. The Balaban J connectivity index is 1.97. The van der Waals surface area contributed by atoms with Crippen LogP contribution in [0.3, 0.4) is 0 Å². The topological polar surface area (TPSA) is 97.8 Å². The average molecular weight is 446 g/mol. The molecule has 2 aromatic carbocycles. The van der Waals surface area contributed by atoms with Gasteiger partial charge in [0, 0.05) is 29.8 Å². The number of anilines is 1. The molecule has 2 aromatic rings. The molecular weight excluding hydrogens is 418 g/mol. The monoisotopic (exact) mass is 445 g/mol. The molecule has 2 N–H and O–H groups in total. The number of nitriles is 1. The van der Waals surface area contributed by atoms with Gasteiger partial charge in [0.1, 0.15) is 5.82 Å². The SMILES string of the molecule is COc1cc(N2C(N)=C(C#N)C(c3ccc(C)cc3)C3=C2CCCC3=O)cc(OC)c1OC. The second kappa shape index (κ2) is 8.91. The molecule has 33 heavy (non-hydrogen) atoms. The highest BCUT2D eigenvalue weighted by molar-refractivity contribution is 6.01. The van der Waals surface area contributed by atoms with Crippen LogP contribution in [0.15, 0.2) is 59.1 Å². The third-order valence-corrected chi connectivity index (χ3v) is 6.23. The van der Waals surface area contributed by atoms with Crippen LogP contribution in [0.4, 0.5) is 5.69 Å². The molecule has 0 radical (unpaired) electrons. The number of ether oxygens (including phenoxy) is 3. The number of aryl methyl sites for hydroxylation is 1. The van der Waals surface area contributed by atoms with Crippen molar-refractivity contribution >= 4 is 11.5 Å². The van der Waals surface area contributed by atoms with Crippen LogP contribution in [0.1, 0.15) is 36.3 Å². The van der Waals surface area contributed by atoms with Crippen molar-refractivity contribution in [2.45, 2.75) is 32.1 Å². The molecule has 0 amide bonds. The van der Waals surface area contributed by atoms with Crippen molar-refractivity contribution in [3.05, 3.63) is 70.2 Å². The number of nitrogens with zero attached hydrogens (tertiary/aromatic N) is 2. The van der Waals surface area contributed by atoms with Crippen LogP contribution >= 0.6 is 0 Å². The van der Waals surface area contributed by atoms with Crippen molar-refractivity contribution in [2.24, 2.45) is 5.73 Å². The molecule has 1 atom stereocenters. The van der Waals surface area contributed by atoms with E-state index in [2.05, 4.69) is 6.07 Å². The second-order valence-electron chi connectivity index (χ2n) is 8.11. The minimum Gasteiger partial charge on any atom is -0.493 e. The summed E-state index contributed by atoms with van der Waals surface area (Å²) in [5, 5.41) is 10.2. The van der Waals surface area contributed by atoms with E-state index in [0.717, 1.165) is 16.8 Å². The lowest BCUT2D eigenvalue weighted by Crippen LogP contribution is -2.38. The summed E-state index contributed by atoms with van der Waals surface area (Å²) in [6.45, 7) is 2.00. The maximum absolute atomic E-state index is 13.2. The highest BCUT2D eigenvalue weighted by atomic mass is 16.5. The van der Waals surface area contributed by atoms with Crippen LogP contribution < -0.4 is 24.8 Å². The summed E-state index contributed by atoms with van der Waals surface area (Å²) in [4.78, 5) is 15.0. The fourth-order valence-electron chi connectivity index (χ4n) is 4.67. The number of ketones is 1. The lowest BCUT2D eigenvalue weighted by Gasteiger charge is -2.40. The van der Waals surface area contributed by atoms with Gasteiger partial charge in [0.25, 0.3) is 0 Å². The second-order valence-corrected chi connectivity index (χ2v) is 8.11. The molecule has 1 heterocycles. The van der Waals surface area contributed by atoms with Gasteiger partial charge in [-0.2, -0.15) is 5.26 Å². The number of allylic oxidation sites excluding steroid dienone is 3. The molecule has 0 bridgehead atoms. The van der Waals surface area contributed by atoms with E-state index in [9.17, 15) is 10.1 Å². The summed E-state index contributed by atoms with van der Waals surface area (Å²) in [6.07, 6.45) is 1.83. The zero-order chi connectivity index (χ0) is 23.7. The van der Waals surface area contributed by atoms with E-state index < -0.39 is 5.92 Å². The number of hydrogen-bond donors (Lipinski definition) is 1. The standard InChI is InChI=1S/C26H27N3O4/c1-15-8-10-16(11-9-15)23-18(14-27)26(28)29(19-6-5-7-20(30)24(19)23)17-12-21(31-2)25(33-4)22(13-17)32-3/h8-13,23H,5-7,28H2,1-4H3. The van der Waals surface area contributed by atoms with E-state index in [4.69, 9.17) is 19.9 Å². The van der Waals surface area contributed by atoms with E-state index in [0.29, 0.717) is 59.2 Å².